The lowest BCUT2D eigenvalue weighted by molar-refractivity contribution is 0.0850. The molecule has 7 nitrogen and oxygen atoms in total. The zero-order valence-corrected chi connectivity index (χ0v) is 14.5. The number of sulfonamides is 1. The highest BCUT2D eigenvalue weighted by Gasteiger charge is 2.32. The van der Waals surface area contributed by atoms with Crippen LogP contribution in [0.15, 0.2) is 12.3 Å². The first-order valence-electron chi connectivity index (χ1n) is 8.34. The third-order valence-corrected chi connectivity index (χ3v) is 6.13. The van der Waals surface area contributed by atoms with Gasteiger partial charge in [0.05, 0.1) is 11.4 Å². The minimum absolute atomic E-state index is 0.0798. The Bertz CT molecular complexity index is 610. The Balaban J connectivity index is 1.51. The zero-order valence-electron chi connectivity index (χ0n) is 13.6. The highest BCUT2D eigenvalue weighted by molar-refractivity contribution is 7.89. The molecule has 1 aromatic rings. The summed E-state index contributed by atoms with van der Waals surface area (Å²) in [5.74, 6) is 0.337. The fourth-order valence-electron chi connectivity index (χ4n) is 3.39. The molecule has 2 aliphatic rings. The molecule has 130 valence electrons. The van der Waals surface area contributed by atoms with E-state index in [1.54, 1.807) is 10.9 Å². The van der Waals surface area contributed by atoms with Gasteiger partial charge in [-0.15, -0.1) is 0 Å². The Kier molecular flexibility index (Phi) is 5.35. The summed E-state index contributed by atoms with van der Waals surface area (Å²) >= 11 is 0. The van der Waals surface area contributed by atoms with Crippen molar-refractivity contribution >= 4 is 10.0 Å². The number of ether oxygens (including phenoxy) is 1. The molecule has 0 bridgehead atoms. The van der Waals surface area contributed by atoms with E-state index in [9.17, 15) is 8.42 Å². The van der Waals surface area contributed by atoms with Gasteiger partial charge in [-0.3, -0.25) is 4.68 Å². The third-order valence-electron chi connectivity index (χ3n) is 4.80. The van der Waals surface area contributed by atoms with Gasteiger partial charge in [0.2, 0.25) is 10.0 Å². The number of likely N-dealkylation sites (tertiary alicyclic amines) is 1. The molecule has 2 aliphatic heterocycles. The van der Waals surface area contributed by atoms with E-state index in [4.69, 9.17) is 4.74 Å². The van der Waals surface area contributed by atoms with Gasteiger partial charge < -0.3 is 9.64 Å². The summed E-state index contributed by atoms with van der Waals surface area (Å²) in [5.41, 5.74) is 1.00. The predicted molar refractivity (Wildman–Crippen MR) is 87.5 cm³/mol. The lowest BCUT2D eigenvalue weighted by Gasteiger charge is -2.20. The topological polar surface area (TPSA) is 76.5 Å². The van der Waals surface area contributed by atoms with Gasteiger partial charge in [-0.1, -0.05) is 0 Å². The van der Waals surface area contributed by atoms with Gasteiger partial charge in [-0.2, -0.15) is 5.10 Å². The minimum atomic E-state index is -3.23. The summed E-state index contributed by atoms with van der Waals surface area (Å²) in [6.45, 7) is 3.76. The Hall–Kier alpha value is -0.960. The average Bonchev–Trinajstić information content (AvgIpc) is 3.25. The van der Waals surface area contributed by atoms with Gasteiger partial charge in [-0.05, 0) is 38.4 Å². The van der Waals surface area contributed by atoms with Crippen LogP contribution in [0.2, 0.25) is 0 Å². The van der Waals surface area contributed by atoms with Gasteiger partial charge in [0.15, 0.2) is 0 Å². The largest absolute Gasteiger partial charge is 0.372 e. The van der Waals surface area contributed by atoms with E-state index < -0.39 is 10.0 Å². The van der Waals surface area contributed by atoms with Gasteiger partial charge >= 0.3 is 0 Å². The van der Waals surface area contributed by atoms with Crippen molar-refractivity contribution in [2.24, 2.45) is 13.0 Å². The number of aryl methyl sites for hydroxylation is 1. The maximum atomic E-state index is 12.2. The van der Waals surface area contributed by atoms with Crippen molar-refractivity contribution in [1.82, 2.24) is 19.4 Å². The molecule has 8 heteroatoms. The monoisotopic (exact) mass is 342 g/mol. The van der Waals surface area contributed by atoms with Gasteiger partial charge in [0.25, 0.3) is 0 Å². The molecule has 0 aliphatic carbocycles. The van der Waals surface area contributed by atoms with E-state index in [0.717, 1.165) is 25.2 Å². The van der Waals surface area contributed by atoms with Crippen molar-refractivity contribution in [2.45, 2.75) is 25.4 Å². The van der Waals surface area contributed by atoms with Crippen molar-refractivity contribution in [3.8, 4) is 0 Å². The molecular formula is C15H26N4O3S. The lowest BCUT2D eigenvalue weighted by Crippen LogP contribution is -2.36. The molecule has 1 aromatic heterocycles. The van der Waals surface area contributed by atoms with Crippen LogP contribution < -0.4 is 4.72 Å². The fraction of sp³-hybridized carbons (Fsp3) is 0.800. The smallest absolute Gasteiger partial charge is 0.212 e. The molecule has 0 aromatic carbocycles. The summed E-state index contributed by atoms with van der Waals surface area (Å²) in [4.78, 5) is 2.22. The second kappa shape index (κ2) is 7.29. The van der Waals surface area contributed by atoms with Crippen LogP contribution in [0, 0.1) is 5.92 Å². The van der Waals surface area contributed by atoms with E-state index in [-0.39, 0.29) is 17.8 Å². The normalized spacial score (nSPS) is 26.1. The number of hydrogen-bond donors (Lipinski definition) is 1. The Morgan fingerprint density at radius 3 is 2.87 bits per heavy atom. The van der Waals surface area contributed by atoms with Crippen LogP contribution in [-0.4, -0.2) is 61.6 Å². The standard InChI is InChI=1S/C15H26N4O3S/c1-18-14(4-6-16-18)15-13(5-10-22-15)12-17-23(20,21)11-9-19-7-2-3-8-19/h4,6,13,15,17H,2-3,5,7-12H2,1H3/t13-,15+/m0/s1. The van der Waals surface area contributed by atoms with Crippen molar-refractivity contribution < 1.29 is 13.2 Å². The van der Waals surface area contributed by atoms with Gasteiger partial charge in [0, 0.05) is 38.9 Å². The van der Waals surface area contributed by atoms with E-state index in [1.807, 2.05) is 13.1 Å². The van der Waals surface area contributed by atoms with Crippen LogP contribution in [0.4, 0.5) is 0 Å². The van der Waals surface area contributed by atoms with Gasteiger partial charge in [-0.25, -0.2) is 13.1 Å². The quantitative estimate of drug-likeness (QED) is 0.781. The summed E-state index contributed by atoms with van der Waals surface area (Å²) in [7, 11) is -1.35. The first-order valence-corrected chi connectivity index (χ1v) is 9.99. The molecule has 0 amide bonds. The summed E-state index contributed by atoms with van der Waals surface area (Å²) < 4.78 is 34.8. The molecule has 3 rings (SSSR count). The average molecular weight is 342 g/mol. The maximum absolute atomic E-state index is 12.2. The molecule has 0 unspecified atom stereocenters. The van der Waals surface area contributed by atoms with Crippen LogP contribution in [0.1, 0.15) is 31.1 Å². The van der Waals surface area contributed by atoms with Crippen LogP contribution >= 0.6 is 0 Å². The van der Waals surface area contributed by atoms with E-state index in [0.29, 0.717) is 19.7 Å². The van der Waals surface area contributed by atoms with Crippen LogP contribution in [-0.2, 0) is 21.8 Å². The van der Waals surface area contributed by atoms with Crippen molar-refractivity contribution in [3.63, 3.8) is 0 Å². The van der Waals surface area contributed by atoms with Crippen molar-refractivity contribution in [3.05, 3.63) is 18.0 Å². The van der Waals surface area contributed by atoms with E-state index >= 15 is 0 Å². The number of nitrogens with zero attached hydrogens (tertiary/aromatic N) is 3. The molecule has 0 spiro atoms. The highest BCUT2D eigenvalue weighted by Crippen LogP contribution is 2.33. The van der Waals surface area contributed by atoms with Gasteiger partial charge in [0.1, 0.15) is 6.10 Å². The molecule has 2 saturated heterocycles. The Morgan fingerprint density at radius 2 is 2.17 bits per heavy atom. The molecule has 2 atom stereocenters. The molecule has 0 radical (unpaired) electrons. The molecule has 3 heterocycles. The molecule has 23 heavy (non-hydrogen) atoms. The SMILES string of the molecule is Cn1nccc1[C@@H]1OCC[C@H]1CNS(=O)(=O)CCN1CCCC1. The predicted octanol–water partition coefficient (Wildman–Crippen LogP) is 0.513. The van der Waals surface area contributed by atoms with Crippen LogP contribution in [0.3, 0.4) is 0 Å². The number of aromatic nitrogens is 2. The van der Waals surface area contributed by atoms with Crippen molar-refractivity contribution in [2.75, 3.05) is 38.5 Å². The van der Waals surface area contributed by atoms with Crippen molar-refractivity contribution in [1.29, 1.82) is 0 Å². The first-order chi connectivity index (χ1) is 11.1. The second-order valence-corrected chi connectivity index (χ2v) is 8.36. The highest BCUT2D eigenvalue weighted by atomic mass is 32.2. The Morgan fingerprint density at radius 1 is 1.39 bits per heavy atom. The number of rotatable bonds is 7. The molecule has 0 saturated carbocycles. The minimum Gasteiger partial charge on any atom is -0.372 e. The summed E-state index contributed by atoms with van der Waals surface area (Å²) in [5, 5.41) is 4.17. The second-order valence-electron chi connectivity index (χ2n) is 6.44. The first kappa shape index (κ1) is 16.9. The number of nitrogens with one attached hydrogen (secondary N) is 1. The zero-order chi connectivity index (χ0) is 16.3. The maximum Gasteiger partial charge on any atom is 0.212 e. The number of hydrogen-bond acceptors (Lipinski definition) is 5. The summed E-state index contributed by atoms with van der Waals surface area (Å²) in [6, 6.07) is 1.94. The Labute approximate surface area is 138 Å². The lowest BCUT2D eigenvalue weighted by atomic mass is 9.99. The third kappa shape index (κ3) is 4.32. The molecule has 2 fully saturated rings. The molecule has 1 N–H and O–H groups in total. The van der Waals surface area contributed by atoms with Crippen LogP contribution in [0.5, 0.6) is 0 Å². The van der Waals surface area contributed by atoms with E-state index in [1.165, 1.54) is 12.8 Å². The summed E-state index contributed by atoms with van der Waals surface area (Å²) in [6.07, 6.45) is 4.89. The molecular weight excluding hydrogens is 316 g/mol. The fourth-order valence-corrected chi connectivity index (χ4v) is 4.51. The van der Waals surface area contributed by atoms with Crippen LogP contribution in [0.25, 0.3) is 0 Å². The van der Waals surface area contributed by atoms with E-state index in [2.05, 4.69) is 14.7 Å².